The maximum atomic E-state index is 9.74. The Balaban J connectivity index is 0. The molecule has 2 aromatic carbocycles. The van der Waals surface area contributed by atoms with Gasteiger partial charge in [-0.3, -0.25) is 0 Å². The van der Waals surface area contributed by atoms with Crippen LogP contribution in [0.3, 0.4) is 0 Å². The molecule has 0 aliphatic rings. The first kappa shape index (κ1) is 32.3. The van der Waals surface area contributed by atoms with Crippen LogP contribution in [0, 0.1) is 0 Å². The van der Waals surface area contributed by atoms with Gasteiger partial charge >= 0.3 is 11.9 Å². The SMILES string of the molecule is O=C([O-])[C@@H](O)[C@H](O)C(=O)O.O=C([O-])[C@@H](O)[C@H](O)C(=O)O.[NH3+]c1ccccc1.[NH3+]c1ccccc1. The highest BCUT2D eigenvalue weighted by atomic mass is 16.4. The largest absolute Gasteiger partial charge is 0.547 e. The fourth-order valence-corrected chi connectivity index (χ4v) is 1.48. The second-order valence-electron chi connectivity index (χ2n) is 6.07. The molecule has 0 saturated carbocycles. The molecule has 2 rings (SSSR count). The summed E-state index contributed by atoms with van der Waals surface area (Å²) in [7, 11) is 0. The average molecular weight is 486 g/mol. The Bertz CT molecular complexity index is 770. The van der Waals surface area contributed by atoms with E-state index < -0.39 is 48.3 Å². The van der Waals surface area contributed by atoms with Gasteiger partial charge in [0.2, 0.25) is 0 Å². The molecular weight excluding hydrogens is 460 g/mol. The molecule has 4 atom stereocenters. The van der Waals surface area contributed by atoms with Gasteiger partial charge in [-0.1, -0.05) is 36.4 Å². The van der Waals surface area contributed by atoms with Crippen molar-refractivity contribution >= 4 is 35.3 Å². The Morgan fingerprint density at radius 1 is 0.559 bits per heavy atom. The fraction of sp³-hybridized carbons (Fsp3) is 0.200. The number of hydrogen-bond acceptors (Lipinski definition) is 10. The predicted molar refractivity (Wildman–Crippen MR) is 107 cm³/mol. The van der Waals surface area contributed by atoms with Crippen molar-refractivity contribution in [2.24, 2.45) is 0 Å². The predicted octanol–water partition coefficient (Wildman–Crippen LogP) is -5.79. The van der Waals surface area contributed by atoms with E-state index in [1.807, 2.05) is 60.7 Å². The molecule has 188 valence electrons. The molecule has 12 N–H and O–H groups in total. The molecule has 0 fully saturated rings. The van der Waals surface area contributed by atoms with E-state index in [4.69, 9.17) is 30.6 Å². The highest BCUT2D eigenvalue weighted by Gasteiger charge is 2.24. The van der Waals surface area contributed by atoms with Gasteiger partial charge in [0.1, 0.15) is 23.6 Å². The topological polar surface area (TPSA) is 291 Å². The highest BCUT2D eigenvalue weighted by molar-refractivity contribution is 5.82. The first-order valence-corrected chi connectivity index (χ1v) is 9.05. The number of rotatable bonds is 6. The summed E-state index contributed by atoms with van der Waals surface area (Å²) in [6.45, 7) is 0. The van der Waals surface area contributed by atoms with Gasteiger partial charge in [0.25, 0.3) is 0 Å². The first-order chi connectivity index (χ1) is 15.7. The Labute approximate surface area is 192 Å². The first-order valence-electron chi connectivity index (χ1n) is 9.05. The van der Waals surface area contributed by atoms with Crippen LogP contribution in [0.2, 0.25) is 0 Å². The normalized spacial score (nSPS) is 12.9. The number of carbonyl (C=O) groups excluding carboxylic acids is 2. The van der Waals surface area contributed by atoms with Crippen LogP contribution in [0.15, 0.2) is 60.7 Å². The zero-order chi connectivity index (χ0) is 26.8. The van der Waals surface area contributed by atoms with Gasteiger partial charge in [-0.25, -0.2) is 9.59 Å². The summed E-state index contributed by atoms with van der Waals surface area (Å²) in [5.41, 5.74) is 9.58. The standard InChI is InChI=1S/2C6H7N.2C4H6O6/c2*7-6-4-2-1-3-5-6;2*5-1(3(7)8)2(6)4(9)10/h2*1-5H,7H2;2*1-2,5-6H,(H,7,8)(H,9,10)/t;;2*1-,2-/m..00/s1. The highest BCUT2D eigenvalue weighted by Crippen LogP contribution is 1.94. The van der Waals surface area contributed by atoms with Gasteiger partial charge < -0.3 is 61.9 Å². The molecule has 2 aromatic rings. The quantitative estimate of drug-likeness (QED) is 0.189. The Morgan fingerprint density at radius 2 is 0.794 bits per heavy atom. The molecule has 0 aromatic heterocycles. The molecule has 0 radical (unpaired) electrons. The van der Waals surface area contributed by atoms with E-state index in [0.29, 0.717) is 0 Å². The Morgan fingerprint density at radius 3 is 0.882 bits per heavy atom. The van der Waals surface area contributed by atoms with Crippen LogP contribution < -0.4 is 21.7 Å². The summed E-state index contributed by atoms with van der Waals surface area (Å²) in [4.78, 5) is 38.8. The zero-order valence-electron chi connectivity index (χ0n) is 17.6. The number of aliphatic carboxylic acids is 4. The average Bonchev–Trinajstić information content (AvgIpc) is 2.79. The smallest absolute Gasteiger partial charge is 0.335 e. The maximum absolute atomic E-state index is 9.74. The molecule has 0 heterocycles. The van der Waals surface area contributed by atoms with Crippen molar-refractivity contribution in [2.45, 2.75) is 24.4 Å². The van der Waals surface area contributed by atoms with Gasteiger partial charge in [-0.05, 0) is 24.3 Å². The van der Waals surface area contributed by atoms with Crippen molar-refractivity contribution in [1.82, 2.24) is 0 Å². The van der Waals surface area contributed by atoms with E-state index in [-0.39, 0.29) is 0 Å². The number of benzene rings is 2. The number of carbonyl (C=O) groups is 4. The van der Waals surface area contributed by atoms with E-state index in [0.717, 1.165) is 11.4 Å². The molecular formula is C20H26N2O12. The molecule has 0 unspecified atom stereocenters. The number of quaternary nitrogens is 2. The third-order valence-electron chi connectivity index (χ3n) is 3.27. The fourth-order valence-electron chi connectivity index (χ4n) is 1.48. The summed E-state index contributed by atoms with van der Waals surface area (Å²) in [6, 6.07) is 19.7. The van der Waals surface area contributed by atoms with Crippen LogP contribution in [0.5, 0.6) is 0 Å². The second kappa shape index (κ2) is 17.6. The lowest BCUT2D eigenvalue weighted by Crippen LogP contribution is -2.46. The summed E-state index contributed by atoms with van der Waals surface area (Å²) in [6.07, 6.45) is -9.41. The zero-order valence-corrected chi connectivity index (χ0v) is 17.6. The van der Waals surface area contributed by atoms with Crippen molar-refractivity contribution < 1.29 is 71.5 Å². The van der Waals surface area contributed by atoms with Gasteiger partial charge in [0, 0.05) is 0 Å². The number of carboxylic acid groups (broad SMARTS) is 4. The van der Waals surface area contributed by atoms with E-state index in [1.165, 1.54) is 0 Å². The molecule has 0 saturated heterocycles. The molecule has 34 heavy (non-hydrogen) atoms. The number of hydrogen-bond donors (Lipinski definition) is 8. The third-order valence-corrected chi connectivity index (χ3v) is 3.27. The van der Waals surface area contributed by atoms with Crippen LogP contribution in [0.1, 0.15) is 0 Å². The van der Waals surface area contributed by atoms with E-state index in [2.05, 4.69) is 11.5 Å². The van der Waals surface area contributed by atoms with Crippen molar-refractivity contribution in [1.29, 1.82) is 0 Å². The summed E-state index contributed by atoms with van der Waals surface area (Å²) in [5, 5.41) is 68.3. The molecule has 0 aliphatic heterocycles. The lowest BCUT2D eigenvalue weighted by atomic mass is 10.2. The third kappa shape index (κ3) is 15.8. The monoisotopic (exact) mass is 486 g/mol. The summed E-state index contributed by atoms with van der Waals surface area (Å²) in [5.74, 6) is -7.65. The second-order valence-corrected chi connectivity index (χ2v) is 6.07. The van der Waals surface area contributed by atoms with Gasteiger partial charge in [0.05, 0.1) is 11.9 Å². The van der Waals surface area contributed by atoms with Gasteiger partial charge in [-0.2, -0.15) is 0 Å². The van der Waals surface area contributed by atoms with Crippen LogP contribution in [0.4, 0.5) is 11.4 Å². The van der Waals surface area contributed by atoms with Gasteiger partial charge in [0.15, 0.2) is 12.2 Å². The van der Waals surface area contributed by atoms with Crippen molar-refractivity contribution in [2.75, 3.05) is 0 Å². The lowest BCUT2D eigenvalue weighted by Gasteiger charge is -2.13. The molecule has 0 aliphatic carbocycles. The van der Waals surface area contributed by atoms with Crippen molar-refractivity contribution in [3.05, 3.63) is 60.7 Å². The van der Waals surface area contributed by atoms with Crippen LogP contribution in [0.25, 0.3) is 0 Å². The van der Waals surface area contributed by atoms with E-state index >= 15 is 0 Å². The Kier molecular flexibility index (Phi) is 16.7. The molecule has 14 heteroatoms. The number of aliphatic hydroxyl groups is 4. The summed E-state index contributed by atoms with van der Waals surface area (Å²) < 4.78 is 0. The van der Waals surface area contributed by atoms with E-state index in [9.17, 15) is 29.4 Å². The minimum atomic E-state index is -2.38. The van der Waals surface area contributed by atoms with Crippen molar-refractivity contribution in [3.63, 3.8) is 0 Å². The van der Waals surface area contributed by atoms with Crippen LogP contribution in [-0.2, 0) is 19.2 Å². The molecule has 0 bridgehead atoms. The minimum absolute atomic E-state index is 1.07. The Hall–Kier alpha value is -3.92. The summed E-state index contributed by atoms with van der Waals surface area (Å²) >= 11 is 0. The van der Waals surface area contributed by atoms with Crippen molar-refractivity contribution in [3.8, 4) is 0 Å². The molecule has 0 amide bonds. The number of aliphatic hydroxyl groups excluding tert-OH is 4. The van der Waals surface area contributed by atoms with Gasteiger partial charge in [-0.15, -0.1) is 0 Å². The number of carboxylic acids is 4. The molecule has 14 nitrogen and oxygen atoms in total. The lowest BCUT2D eigenvalue weighted by molar-refractivity contribution is -0.319. The maximum Gasteiger partial charge on any atom is 0.335 e. The van der Waals surface area contributed by atoms with E-state index in [1.54, 1.807) is 0 Å². The van der Waals surface area contributed by atoms with Crippen LogP contribution in [-0.4, -0.2) is 78.9 Å². The minimum Gasteiger partial charge on any atom is -0.547 e. The molecule has 0 spiro atoms. The van der Waals surface area contributed by atoms with Crippen LogP contribution >= 0.6 is 0 Å².